The monoisotopic (exact) mass is 458 g/mol. The highest BCUT2D eigenvalue weighted by Gasteiger charge is 2.30. The van der Waals surface area contributed by atoms with Crippen molar-refractivity contribution in [1.29, 1.82) is 0 Å². The topological polar surface area (TPSA) is 23.6 Å². The summed E-state index contributed by atoms with van der Waals surface area (Å²) in [6, 6.07) is 14.7. The SMILES string of the molecule is Cc1ccccc1CC(=O)N1CCC(N2CCC(Cc3ccc(Cl)cc3Cl)CC2)CC1. The van der Waals surface area contributed by atoms with E-state index in [-0.39, 0.29) is 5.91 Å². The maximum absolute atomic E-state index is 12.8. The summed E-state index contributed by atoms with van der Waals surface area (Å²) in [5, 5.41) is 1.49. The molecule has 2 saturated heterocycles. The zero-order valence-corrected chi connectivity index (χ0v) is 19.8. The van der Waals surface area contributed by atoms with Crippen molar-refractivity contribution in [2.45, 2.75) is 51.5 Å². The Morgan fingerprint density at radius 3 is 2.32 bits per heavy atom. The number of amides is 1. The Morgan fingerprint density at radius 1 is 0.935 bits per heavy atom. The molecule has 0 N–H and O–H groups in total. The van der Waals surface area contributed by atoms with Gasteiger partial charge in [0.05, 0.1) is 6.42 Å². The van der Waals surface area contributed by atoms with Crippen molar-refractivity contribution >= 4 is 29.1 Å². The number of rotatable bonds is 5. The van der Waals surface area contributed by atoms with E-state index in [9.17, 15) is 4.79 Å². The number of halogens is 2. The molecule has 1 amide bonds. The van der Waals surface area contributed by atoms with E-state index in [1.54, 1.807) is 0 Å². The number of nitrogens with zero attached hydrogens (tertiary/aromatic N) is 2. The lowest BCUT2D eigenvalue weighted by Gasteiger charge is -2.42. The molecule has 2 aliphatic heterocycles. The van der Waals surface area contributed by atoms with Crippen LogP contribution in [0.4, 0.5) is 0 Å². The molecule has 0 atom stereocenters. The minimum Gasteiger partial charge on any atom is -0.342 e. The van der Waals surface area contributed by atoms with Crippen LogP contribution in [0.1, 0.15) is 42.4 Å². The fourth-order valence-electron chi connectivity index (χ4n) is 5.08. The standard InChI is InChI=1S/C26H32Cl2N2O/c1-19-4-2-3-5-21(19)17-26(31)30-14-10-24(11-15-30)29-12-8-20(9-13-29)16-22-6-7-23(27)18-25(22)28/h2-7,18,20,24H,8-17H2,1H3. The molecule has 3 nitrogen and oxygen atoms in total. The molecule has 2 aliphatic rings. The first kappa shape index (κ1) is 22.6. The first-order chi connectivity index (χ1) is 15.0. The average Bonchev–Trinajstić information content (AvgIpc) is 2.78. The number of hydrogen-bond acceptors (Lipinski definition) is 2. The predicted molar refractivity (Wildman–Crippen MR) is 129 cm³/mol. The van der Waals surface area contributed by atoms with Gasteiger partial charge in [0.25, 0.3) is 0 Å². The van der Waals surface area contributed by atoms with Gasteiger partial charge in [0.1, 0.15) is 0 Å². The Morgan fingerprint density at radius 2 is 1.65 bits per heavy atom. The second kappa shape index (κ2) is 10.4. The van der Waals surface area contributed by atoms with E-state index in [0.29, 0.717) is 23.4 Å². The van der Waals surface area contributed by atoms with Crippen molar-refractivity contribution in [2.75, 3.05) is 26.2 Å². The number of carbonyl (C=O) groups excluding carboxylic acids is 1. The van der Waals surface area contributed by atoms with Gasteiger partial charge in [0.15, 0.2) is 0 Å². The van der Waals surface area contributed by atoms with Crippen LogP contribution in [0, 0.1) is 12.8 Å². The molecule has 2 aromatic rings. The van der Waals surface area contributed by atoms with Gasteiger partial charge >= 0.3 is 0 Å². The lowest BCUT2D eigenvalue weighted by molar-refractivity contribution is -0.132. The van der Waals surface area contributed by atoms with E-state index < -0.39 is 0 Å². The van der Waals surface area contributed by atoms with E-state index in [4.69, 9.17) is 23.2 Å². The van der Waals surface area contributed by atoms with Gasteiger partial charge in [-0.1, -0.05) is 53.5 Å². The molecular weight excluding hydrogens is 427 g/mol. The fraction of sp³-hybridized carbons (Fsp3) is 0.500. The zero-order chi connectivity index (χ0) is 21.8. The predicted octanol–water partition coefficient (Wildman–Crippen LogP) is 5.79. The molecule has 2 heterocycles. The Balaban J connectivity index is 1.22. The number of hydrogen-bond donors (Lipinski definition) is 0. The first-order valence-electron chi connectivity index (χ1n) is 11.5. The van der Waals surface area contributed by atoms with E-state index in [2.05, 4.69) is 34.9 Å². The fourth-order valence-corrected chi connectivity index (χ4v) is 5.57. The number of aryl methyl sites for hydroxylation is 1. The molecule has 2 fully saturated rings. The lowest BCUT2D eigenvalue weighted by Crippen LogP contribution is -2.49. The van der Waals surface area contributed by atoms with E-state index in [1.165, 1.54) is 24.0 Å². The van der Waals surface area contributed by atoms with E-state index in [1.807, 2.05) is 24.3 Å². The van der Waals surface area contributed by atoms with Gasteiger partial charge < -0.3 is 9.80 Å². The third kappa shape index (κ3) is 5.83. The molecule has 0 spiro atoms. The minimum absolute atomic E-state index is 0.270. The third-order valence-corrected chi connectivity index (χ3v) is 7.70. The largest absolute Gasteiger partial charge is 0.342 e. The number of carbonyl (C=O) groups is 1. The highest BCUT2D eigenvalue weighted by molar-refractivity contribution is 6.35. The van der Waals surface area contributed by atoms with Gasteiger partial charge in [-0.15, -0.1) is 0 Å². The van der Waals surface area contributed by atoms with Crippen molar-refractivity contribution in [3.63, 3.8) is 0 Å². The third-order valence-electron chi connectivity index (χ3n) is 7.11. The maximum Gasteiger partial charge on any atom is 0.227 e. The Bertz CT molecular complexity index is 900. The maximum atomic E-state index is 12.8. The van der Waals surface area contributed by atoms with Crippen molar-refractivity contribution < 1.29 is 4.79 Å². The number of piperidine rings is 2. The van der Waals surface area contributed by atoms with Crippen LogP contribution in [0.2, 0.25) is 10.0 Å². The molecule has 0 aliphatic carbocycles. The highest BCUT2D eigenvalue weighted by Crippen LogP contribution is 2.29. The average molecular weight is 459 g/mol. The first-order valence-corrected chi connectivity index (χ1v) is 12.3. The van der Waals surface area contributed by atoms with Crippen LogP contribution in [-0.2, 0) is 17.6 Å². The highest BCUT2D eigenvalue weighted by atomic mass is 35.5. The summed E-state index contributed by atoms with van der Waals surface area (Å²) in [6.45, 7) is 6.15. The summed E-state index contributed by atoms with van der Waals surface area (Å²) >= 11 is 12.4. The van der Waals surface area contributed by atoms with Crippen molar-refractivity contribution in [3.05, 3.63) is 69.2 Å². The van der Waals surface area contributed by atoms with Gasteiger partial charge in [-0.25, -0.2) is 0 Å². The molecule has 0 bridgehead atoms. The van der Waals surface area contributed by atoms with Crippen LogP contribution in [0.3, 0.4) is 0 Å². The smallest absolute Gasteiger partial charge is 0.227 e. The molecule has 5 heteroatoms. The zero-order valence-electron chi connectivity index (χ0n) is 18.3. The quantitative estimate of drug-likeness (QED) is 0.565. The van der Waals surface area contributed by atoms with Crippen molar-refractivity contribution in [1.82, 2.24) is 9.80 Å². The van der Waals surface area contributed by atoms with Crippen molar-refractivity contribution in [3.8, 4) is 0 Å². The van der Waals surface area contributed by atoms with Crippen LogP contribution in [0.25, 0.3) is 0 Å². The summed E-state index contributed by atoms with van der Waals surface area (Å²) in [4.78, 5) is 17.5. The minimum atomic E-state index is 0.270. The van der Waals surface area contributed by atoms with Crippen LogP contribution in [-0.4, -0.2) is 47.9 Å². The van der Waals surface area contributed by atoms with Gasteiger partial charge in [-0.3, -0.25) is 4.79 Å². The molecule has 31 heavy (non-hydrogen) atoms. The molecule has 4 rings (SSSR count). The van der Waals surface area contributed by atoms with Gasteiger partial charge in [-0.2, -0.15) is 0 Å². The molecule has 0 unspecified atom stereocenters. The van der Waals surface area contributed by atoms with Crippen molar-refractivity contribution in [2.24, 2.45) is 5.92 Å². The second-order valence-electron chi connectivity index (χ2n) is 9.13. The number of benzene rings is 2. The Hall–Kier alpha value is -1.55. The summed E-state index contributed by atoms with van der Waals surface area (Å²) in [5.74, 6) is 0.956. The van der Waals surface area contributed by atoms with Gasteiger partial charge in [-0.05, 0) is 86.9 Å². The Kier molecular flexibility index (Phi) is 7.58. The lowest BCUT2D eigenvalue weighted by atomic mass is 9.88. The van der Waals surface area contributed by atoms with Gasteiger partial charge in [0.2, 0.25) is 5.91 Å². The molecule has 2 aromatic carbocycles. The van der Waals surface area contributed by atoms with Crippen LogP contribution < -0.4 is 0 Å². The number of likely N-dealkylation sites (tertiary alicyclic amines) is 2. The second-order valence-corrected chi connectivity index (χ2v) is 9.98. The summed E-state index contributed by atoms with van der Waals surface area (Å²) < 4.78 is 0. The van der Waals surface area contributed by atoms with E-state index >= 15 is 0 Å². The molecule has 0 radical (unpaired) electrons. The molecule has 0 saturated carbocycles. The molecule has 166 valence electrons. The van der Waals surface area contributed by atoms with Crippen LogP contribution >= 0.6 is 23.2 Å². The Labute approximate surface area is 196 Å². The van der Waals surface area contributed by atoms with E-state index in [0.717, 1.165) is 56.0 Å². The normalized spacial score (nSPS) is 19.0. The van der Waals surface area contributed by atoms with Crippen LogP contribution in [0.5, 0.6) is 0 Å². The summed E-state index contributed by atoms with van der Waals surface area (Å²) in [7, 11) is 0. The summed E-state index contributed by atoms with van der Waals surface area (Å²) in [5.41, 5.74) is 3.57. The summed E-state index contributed by atoms with van der Waals surface area (Å²) in [6.07, 6.45) is 6.17. The van der Waals surface area contributed by atoms with Crippen LogP contribution in [0.15, 0.2) is 42.5 Å². The molecule has 0 aromatic heterocycles. The molecular formula is C26H32Cl2N2O. The van der Waals surface area contributed by atoms with Gasteiger partial charge in [0, 0.05) is 29.2 Å².